The van der Waals surface area contributed by atoms with Crippen molar-refractivity contribution in [3.8, 4) is 5.69 Å². The summed E-state index contributed by atoms with van der Waals surface area (Å²) in [5.74, 6) is -1.85. The summed E-state index contributed by atoms with van der Waals surface area (Å²) in [6.07, 6.45) is 0.591. The number of aryl methyl sites for hydroxylation is 2. The van der Waals surface area contributed by atoms with Crippen molar-refractivity contribution in [2.24, 2.45) is 0 Å². The van der Waals surface area contributed by atoms with Crippen LogP contribution in [0.15, 0.2) is 48.5 Å². The molecule has 32 heavy (non-hydrogen) atoms. The van der Waals surface area contributed by atoms with Gasteiger partial charge in [0.1, 0.15) is 5.82 Å². The summed E-state index contributed by atoms with van der Waals surface area (Å²) >= 11 is 0. The molecule has 8 nitrogen and oxygen atoms in total. The number of nitrogens with one attached hydrogen (secondary N) is 2. The van der Waals surface area contributed by atoms with Crippen LogP contribution >= 0.6 is 0 Å². The summed E-state index contributed by atoms with van der Waals surface area (Å²) < 4.78 is 25.7. The Labute approximate surface area is 186 Å². The fourth-order valence-corrected chi connectivity index (χ4v) is 5.29. The lowest BCUT2D eigenvalue weighted by atomic mass is 10.1. The van der Waals surface area contributed by atoms with Crippen LogP contribution in [-0.4, -0.2) is 36.6 Å². The van der Waals surface area contributed by atoms with Gasteiger partial charge in [0.2, 0.25) is 0 Å². The van der Waals surface area contributed by atoms with Gasteiger partial charge >= 0.3 is 11.8 Å². The molecule has 4 rings (SSSR count). The van der Waals surface area contributed by atoms with Crippen LogP contribution in [0.2, 0.25) is 0 Å². The van der Waals surface area contributed by atoms with Crippen molar-refractivity contribution < 1.29 is 18.0 Å². The monoisotopic (exact) mass is 452 g/mol. The van der Waals surface area contributed by atoms with Crippen LogP contribution in [-0.2, 0) is 37.4 Å². The fraction of sp³-hybridized carbons (Fsp3) is 0.261. The Morgan fingerprint density at radius 1 is 1.03 bits per heavy atom. The van der Waals surface area contributed by atoms with Crippen LogP contribution in [0.25, 0.3) is 5.69 Å². The molecule has 2 heterocycles. The van der Waals surface area contributed by atoms with Gasteiger partial charge in [-0.1, -0.05) is 48.0 Å². The summed E-state index contributed by atoms with van der Waals surface area (Å²) in [5.41, 5.74) is 4.56. The van der Waals surface area contributed by atoms with Crippen LogP contribution in [0.5, 0.6) is 0 Å². The van der Waals surface area contributed by atoms with Crippen molar-refractivity contribution in [1.82, 2.24) is 15.1 Å². The number of rotatable bonds is 5. The highest BCUT2D eigenvalue weighted by atomic mass is 32.2. The Kier molecular flexibility index (Phi) is 5.84. The molecule has 0 aliphatic carbocycles. The summed E-state index contributed by atoms with van der Waals surface area (Å²) in [4.78, 5) is 25.0. The SMILES string of the molecule is Cc1ccc(-n2nc3c(c2NC(=O)C(=O)NCCc2ccccc2)CS(=O)(=O)C3)c(C)c1. The standard InChI is InChI=1S/C23H24N4O4S/c1-15-8-9-20(16(2)12-15)27-21(18-13-32(30,31)14-19(18)26-27)25-23(29)22(28)24-11-10-17-6-4-3-5-7-17/h3-9,12H,10-11,13-14H2,1-2H3,(H,24,28)(H,25,29). The van der Waals surface area contributed by atoms with Gasteiger partial charge in [-0.05, 0) is 37.5 Å². The molecule has 0 radical (unpaired) electrons. The first-order chi connectivity index (χ1) is 15.2. The molecular weight excluding hydrogens is 428 g/mol. The van der Waals surface area contributed by atoms with E-state index in [9.17, 15) is 18.0 Å². The smallest absolute Gasteiger partial charge is 0.314 e. The van der Waals surface area contributed by atoms with Crippen LogP contribution in [0, 0.1) is 13.8 Å². The number of sulfone groups is 1. The minimum atomic E-state index is -3.33. The van der Waals surface area contributed by atoms with Gasteiger partial charge in [-0.15, -0.1) is 0 Å². The zero-order chi connectivity index (χ0) is 22.9. The number of nitrogens with zero attached hydrogens (tertiary/aromatic N) is 2. The zero-order valence-corrected chi connectivity index (χ0v) is 18.7. The largest absolute Gasteiger partial charge is 0.347 e. The lowest BCUT2D eigenvalue weighted by molar-refractivity contribution is -0.136. The van der Waals surface area contributed by atoms with Gasteiger partial charge < -0.3 is 10.6 Å². The van der Waals surface area contributed by atoms with E-state index in [0.717, 1.165) is 16.7 Å². The van der Waals surface area contributed by atoms with Crippen molar-refractivity contribution in [1.29, 1.82) is 0 Å². The van der Waals surface area contributed by atoms with Gasteiger partial charge in [0.05, 0.1) is 22.9 Å². The van der Waals surface area contributed by atoms with Crippen molar-refractivity contribution in [2.45, 2.75) is 31.8 Å². The van der Waals surface area contributed by atoms with E-state index in [0.29, 0.717) is 29.9 Å². The number of carbonyl (C=O) groups is 2. The highest BCUT2D eigenvalue weighted by Crippen LogP contribution is 2.33. The maximum Gasteiger partial charge on any atom is 0.314 e. The molecule has 3 aromatic rings. The third kappa shape index (κ3) is 4.57. The molecule has 0 saturated carbocycles. The quantitative estimate of drug-likeness (QED) is 0.577. The summed E-state index contributed by atoms with van der Waals surface area (Å²) in [6.45, 7) is 4.18. The average Bonchev–Trinajstić information content (AvgIpc) is 3.21. The number of hydrogen-bond acceptors (Lipinski definition) is 5. The number of amides is 2. The van der Waals surface area contributed by atoms with Crippen molar-refractivity contribution >= 4 is 27.5 Å². The number of hydrogen-bond donors (Lipinski definition) is 2. The Hall–Kier alpha value is -3.46. The van der Waals surface area contributed by atoms with Crippen molar-refractivity contribution in [2.75, 3.05) is 11.9 Å². The minimum absolute atomic E-state index is 0.188. The molecule has 0 saturated heterocycles. The van der Waals surface area contributed by atoms with E-state index in [-0.39, 0.29) is 17.3 Å². The van der Waals surface area contributed by atoms with E-state index in [1.54, 1.807) is 0 Å². The average molecular weight is 453 g/mol. The lowest BCUT2D eigenvalue weighted by Gasteiger charge is -2.13. The van der Waals surface area contributed by atoms with E-state index < -0.39 is 21.7 Å². The third-order valence-corrected chi connectivity index (χ3v) is 6.79. The fourth-order valence-electron chi connectivity index (χ4n) is 3.80. The predicted octanol–water partition coefficient (Wildman–Crippen LogP) is 2.21. The highest BCUT2D eigenvalue weighted by Gasteiger charge is 2.34. The van der Waals surface area contributed by atoms with E-state index in [4.69, 9.17) is 0 Å². The summed E-state index contributed by atoms with van der Waals surface area (Å²) in [5, 5.41) is 9.66. The first kappa shape index (κ1) is 21.8. The second-order valence-electron chi connectivity index (χ2n) is 7.95. The first-order valence-electron chi connectivity index (χ1n) is 10.3. The van der Waals surface area contributed by atoms with Gasteiger partial charge in [-0.2, -0.15) is 5.10 Å². The number of fused-ring (bicyclic) bond motifs is 1. The van der Waals surface area contributed by atoms with Gasteiger partial charge in [0.15, 0.2) is 9.84 Å². The second kappa shape index (κ2) is 8.58. The van der Waals surface area contributed by atoms with Crippen LogP contribution in [0.1, 0.15) is 27.9 Å². The van der Waals surface area contributed by atoms with E-state index in [1.165, 1.54) is 4.68 Å². The number of anilines is 1. The van der Waals surface area contributed by atoms with E-state index in [1.807, 2.05) is 62.4 Å². The van der Waals surface area contributed by atoms with Crippen molar-refractivity contribution in [3.63, 3.8) is 0 Å². The molecule has 0 unspecified atom stereocenters. The zero-order valence-electron chi connectivity index (χ0n) is 17.9. The molecular formula is C23H24N4O4S. The number of carbonyl (C=O) groups excluding carboxylic acids is 2. The molecule has 0 bridgehead atoms. The molecule has 2 aromatic carbocycles. The maximum atomic E-state index is 12.6. The Morgan fingerprint density at radius 2 is 1.78 bits per heavy atom. The predicted molar refractivity (Wildman–Crippen MR) is 121 cm³/mol. The Morgan fingerprint density at radius 3 is 2.50 bits per heavy atom. The molecule has 2 N–H and O–H groups in total. The molecule has 0 atom stereocenters. The molecule has 1 aromatic heterocycles. The van der Waals surface area contributed by atoms with Crippen LogP contribution in [0.3, 0.4) is 0 Å². The topological polar surface area (TPSA) is 110 Å². The molecule has 1 aliphatic heterocycles. The summed E-state index contributed by atoms with van der Waals surface area (Å²) in [6, 6.07) is 15.4. The van der Waals surface area contributed by atoms with E-state index >= 15 is 0 Å². The van der Waals surface area contributed by atoms with Gasteiger partial charge in [0, 0.05) is 12.1 Å². The lowest BCUT2D eigenvalue weighted by Crippen LogP contribution is -2.37. The highest BCUT2D eigenvalue weighted by molar-refractivity contribution is 7.90. The number of benzene rings is 2. The Balaban J connectivity index is 1.55. The normalized spacial score (nSPS) is 14.1. The Bertz CT molecular complexity index is 1300. The van der Waals surface area contributed by atoms with Gasteiger partial charge in [0.25, 0.3) is 0 Å². The van der Waals surface area contributed by atoms with Gasteiger partial charge in [-0.25, -0.2) is 13.1 Å². The molecule has 2 amide bonds. The van der Waals surface area contributed by atoms with E-state index in [2.05, 4.69) is 15.7 Å². The van der Waals surface area contributed by atoms with Gasteiger partial charge in [-0.3, -0.25) is 9.59 Å². The molecule has 166 valence electrons. The summed E-state index contributed by atoms with van der Waals surface area (Å²) in [7, 11) is -3.33. The molecule has 0 spiro atoms. The first-order valence-corrected chi connectivity index (χ1v) is 12.1. The second-order valence-corrected chi connectivity index (χ2v) is 10.0. The van der Waals surface area contributed by atoms with Crippen LogP contribution in [0.4, 0.5) is 5.82 Å². The van der Waals surface area contributed by atoms with Crippen molar-refractivity contribution in [3.05, 3.63) is 76.5 Å². The third-order valence-electron chi connectivity index (χ3n) is 5.35. The molecule has 9 heteroatoms. The van der Waals surface area contributed by atoms with Crippen LogP contribution < -0.4 is 10.6 Å². The number of aromatic nitrogens is 2. The maximum absolute atomic E-state index is 12.6. The molecule has 1 aliphatic rings. The molecule has 0 fully saturated rings. The minimum Gasteiger partial charge on any atom is -0.347 e.